The molecule has 0 amide bonds. The molecule has 0 fully saturated rings. The maximum absolute atomic E-state index is 4.08. The van der Waals surface area contributed by atoms with Crippen LogP contribution in [0.25, 0.3) is 0 Å². The summed E-state index contributed by atoms with van der Waals surface area (Å²) >= 11 is 0. The van der Waals surface area contributed by atoms with Crippen LogP contribution in [0.4, 0.5) is 0 Å². The molecule has 0 aromatic carbocycles. The summed E-state index contributed by atoms with van der Waals surface area (Å²) in [5, 5.41) is 0. The summed E-state index contributed by atoms with van der Waals surface area (Å²) in [5.74, 6) is 0. The fourth-order valence-corrected chi connectivity index (χ4v) is 0.872. The summed E-state index contributed by atoms with van der Waals surface area (Å²) in [7, 11) is 0. The fraction of sp³-hybridized carbons (Fsp3) is 0.375. The molecule has 0 radical (unpaired) electrons. The average molecular weight is 121 g/mol. The molecule has 1 heterocycles. The van der Waals surface area contributed by atoms with E-state index in [1.165, 1.54) is 5.57 Å². The molecule has 0 bridgehead atoms. The van der Waals surface area contributed by atoms with Crippen LogP contribution in [0.2, 0.25) is 0 Å². The first-order chi connectivity index (χ1) is 4.38. The van der Waals surface area contributed by atoms with Crippen molar-refractivity contribution in [2.45, 2.75) is 20.3 Å². The molecule has 1 nitrogen and oxygen atoms in total. The Labute approximate surface area is 55.8 Å². The predicted molar refractivity (Wildman–Crippen MR) is 40.6 cm³/mol. The van der Waals surface area contributed by atoms with E-state index in [0.717, 1.165) is 12.1 Å². The number of allylic oxidation sites excluding steroid dienone is 3. The first-order valence-electron chi connectivity index (χ1n) is 3.28. The van der Waals surface area contributed by atoms with Gasteiger partial charge in [-0.1, -0.05) is 13.0 Å². The third-order valence-corrected chi connectivity index (χ3v) is 1.50. The molecule has 1 heteroatoms. The third-order valence-electron chi connectivity index (χ3n) is 1.50. The summed E-state index contributed by atoms with van der Waals surface area (Å²) < 4.78 is 0. The van der Waals surface area contributed by atoms with Gasteiger partial charge in [0.15, 0.2) is 0 Å². The van der Waals surface area contributed by atoms with Crippen LogP contribution in [0.15, 0.2) is 28.9 Å². The van der Waals surface area contributed by atoms with Gasteiger partial charge in [0.25, 0.3) is 0 Å². The van der Waals surface area contributed by atoms with Crippen LogP contribution in [0.1, 0.15) is 20.3 Å². The average Bonchev–Trinajstić information content (AvgIpc) is 1.78. The summed E-state index contributed by atoms with van der Waals surface area (Å²) in [6.07, 6.45) is 7.06. The minimum absolute atomic E-state index is 1.08. The monoisotopic (exact) mass is 121 g/mol. The zero-order chi connectivity index (χ0) is 6.69. The van der Waals surface area contributed by atoms with Crippen LogP contribution in [-0.4, -0.2) is 5.71 Å². The van der Waals surface area contributed by atoms with Crippen molar-refractivity contribution in [3.8, 4) is 0 Å². The first kappa shape index (κ1) is 6.27. The van der Waals surface area contributed by atoms with Crippen molar-refractivity contribution < 1.29 is 0 Å². The van der Waals surface area contributed by atoms with E-state index < -0.39 is 0 Å². The molecule has 0 aliphatic carbocycles. The summed E-state index contributed by atoms with van der Waals surface area (Å²) in [6.45, 7) is 4.19. The topological polar surface area (TPSA) is 12.4 Å². The van der Waals surface area contributed by atoms with Crippen LogP contribution in [0.3, 0.4) is 0 Å². The zero-order valence-electron chi connectivity index (χ0n) is 5.89. The van der Waals surface area contributed by atoms with Gasteiger partial charge in [0.05, 0.1) is 5.71 Å². The highest BCUT2D eigenvalue weighted by Gasteiger charge is 2.02. The van der Waals surface area contributed by atoms with Crippen molar-refractivity contribution in [2.24, 2.45) is 4.99 Å². The number of nitrogens with zero attached hydrogens (tertiary/aromatic N) is 1. The normalized spacial score (nSPS) is 17.1. The second-order valence-corrected chi connectivity index (χ2v) is 2.00. The van der Waals surface area contributed by atoms with Crippen LogP contribution in [0.5, 0.6) is 0 Å². The molecule has 0 unspecified atom stereocenters. The Kier molecular flexibility index (Phi) is 1.83. The lowest BCUT2D eigenvalue weighted by Crippen LogP contribution is -2.02. The second kappa shape index (κ2) is 2.62. The van der Waals surface area contributed by atoms with Crippen molar-refractivity contribution in [1.82, 2.24) is 0 Å². The minimum Gasteiger partial charge on any atom is -0.256 e. The van der Waals surface area contributed by atoms with Gasteiger partial charge in [-0.25, -0.2) is 0 Å². The number of hydrogen-bond donors (Lipinski definition) is 0. The Morgan fingerprint density at radius 3 is 2.56 bits per heavy atom. The van der Waals surface area contributed by atoms with Crippen LogP contribution < -0.4 is 0 Å². The van der Waals surface area contributed by atoms with Gasteiger partial charge >= 0.3 is 0 Å². The van der Waals surface area contributed by atoms with Gasteiger partial charge in [0.1, 0.15) is 0 Å². The van der Waals surface area contributed by atoms with Crippen LogP contribution in [0, 0.1) is 0 Å². The lowest BCUT2D eigenvalue weighted by molar-refractivity contribution is 1.16. The zero-order valence-corrected chi connectivity index (χ0v) is 5.89. The van der Waals surface area contributed by atoms with E-state index in [2.05, 4.69) is 18.0 Å². The van der Waals surface area contributed by atoms with Gasteiger partial charge < -0.3 is 0 Å². The fourth-order valence-electron chi connectivity index (χ4n) is 0.872. The molecule has 0 aromatic heterocycles. The molecule has 0 saturated carbocycles. The van der Waals surface area contributed by atoms with Gasteiger partial charge in [-0.3, -0.25) is 4.99 Å². The molecule has 1 aliphatic rings. The highest BCUT2D eigenvalue weighted by molar-refractivity contribution is 6.11. The lowest BCUT2D eigenvalue weighted by Gasteiger charge is -2.06. The van der Waals surface area contributed by atoms with Crippen LogP contribution in [-0.2, 0) is 0 Å². The number of rotatable bonds is 2. The minimum atomic E-state index is 1.08. The molecule has 0 saturated heterocycles. The molecule has 0 spiro atoms. The second-order valence-electron chi connectivity index (χ2n) is 2.00. The first-order valence-corrected chi connectivity index (χ1v) is 3.28. The van der Waals surface area contributed by atoms with Gasteiger partial charge in [-0.15, -0.1) is 0 Å². The van der Waals surface area contributed by atoms with Gasteiger partial charge in [0.2, 0.25) is 0 Å². The smallest absolute Gasteiger partial charge is 0.0673 e. The van der Waals surface area contributed by atoms with Crippen LogP contribution >= 0.6 is 0 Å². The van der Waals surface area contributed by atoms with E-state index in [9.17, 15) is 0 Å². The summed E-state index contributed by atoms with van der Waals surface area (Å²) in [4.78, 5) is 4.08. The quantitative estimate of drug-likeness (QED) is 0.531. The molecular weight excluding hydrogens is 110 g/mol. The molecule has 0 N–H and O–H groups in total. The van der Waals surface area contributed by atoms with Gasteiger partial charge in [0, 0.05) is 6.20 Å². The predicted octanol–water partition coefficient (Wildman–Crippen LogP) is 2.31. The molecule has 0 aromatic rings. The highest BCUT2D eigenvalue weighted by Crippen LogP contribution is 2.10. The Hall–Kier alpha value is -0.850. The molecule has 1 aliphatic heterocycles. The molecule has 1 rings (SSSR count). The van der Waals surface area contributed by atoms with Crippen molar-refractivity contribution in [3.05, 3.63) is 23.9 Å². The Morgan fingerprint density at radius 2 is 2.44 bits per heavy atom. The maximum atomic E-state index is 4.08. The standard InChI is InChI=1S/C8H11N/c1-3-7(4-2)8-5-6-9-8/h3,5-6H,4H2,1-2H3/b7-3+. The van der Waals surface area contributed by atoms with Crippen molar-refractivity contribution in [1.29, 1.82) is 0 Å². The molecule has 0 atom stereocenters. The molecular formula is C8H11N. The van der Waals surface area contributed by atoms with Crippen molar-refractivity contribution in [2.75, 3.05) is 0 Å². The van der Waals surface area contributed by atoms with E-state index >= 15 is 0 Å². The van der Waals surface area contributed by atoms with Gasteiger partial charge in [-0.2, -0.15) is 0 Å². The van der Waals surface area contributed by atoms with Crippen molar-refractivity contribution >= 4 is 5.71 Å². The largest absolute Gasteiger partial charge is 0.256 e. The lowest BCUT2D eigenvalue weighted by atomic mass is 10.1. The van der Waals surface area contributed by atoms with E-state index in [1.54, 1.807) is 0 Å². The van der Waals surface area contributed by atoms with Crippen molar-refractivity contribution in [3.63, 3.8) is 0 Å². The van der Waals surface area contributed by atoms with E-state index in [0.29, 0.717) is 0 Å². The maximum Gasteiger partial charge on any atom is 0.0673 e. The van der Waals surface area contributed by atoms with E-state index in [1.807, 2.05) is 19.2 Å². The number of aliphatic imine (C=N–C) groups is 1. The van der Waals surface area contributed by atoms with E-state index in [-0.39, 0.29) is 0 Å². The number of hydrogen-bond acceptors (Lipinski definition) is 1. The SMILES string of the molecule is C/C=C(\CC)C1=NC=C1. The molecule has 48 valence electrons. The van der Waals surface area contributed by atoms with E-state index in [4.69, 9.17) is 0 Å². The Bertz CT molecular complexity index is 185. The summed E-state index contributed by atoms with van der Waals surface area (Å²) in [5.41, 5.74) is 2.50. The molecule has 9 heavy (non-hydrogen) atoms. The highest BCUT2D eigenvalue weighted by atomic mass is 14.7. The van der Waals surface area contributed by atoms with Gasteiger partial charge in [-0.05, 0) is 25.0 Å². The third kappa shape index (κ3) is 1.10. The summed E-state index contributed by atoms with van der Waals surface area (Å²) in [6, 6.07) is 0. The Balaban J connectivity index is 2.59. The Morgan fingerprint density at radius 1 is 1.78 bits per heavy atom.